The minimum absolute atomic E-state index is 0.117. The van der Waals surface area contributed by atoms with E-state index in [1.165, 1.54) is 6.07 Å². The van der Waals surface area contributed by atoms with Gasteiger partial charge in [-0.05, 0) is 24.1 Å². The summed E-state index contributed by atoms with van der Waals surface area (Å²) in [5.74, 6) is -0.117. The lowest BCUT2D eigenvalue weighted by Gasteiger charge is -2.25. The minimum atomic E-state index is -4.39. The van der Waals surface area contributed by atoms with Crippen LogP contribution in [-0.2, 0) is 15.7 Å². The predicted molar refractivity (Wildman–Crippen MR) is 70.4 cm³/mol. The third-order valence-electron chi connectivity index (χ3n) is 3.36. The van der Waals surface area contributed by atoms with E-state index in [0.717, 1.165) is 12.1 Å². The van der Waals surface area contributed by atoms with Gasteiger partial charge in [-0.3, -0.25) is 10.1 Å². The van der Waals surface area contributed by atoms with Crippen LogP contribution in [0.3, 0.4) is 0 Å². The number of hydrogen-bond donors (Lipinski definition) is 1. The second kappa shape index (κ2) is 6.44. The molecule has 1 aromatic carbocycles. The zero-order valence-electron chi connectivity index (χ0n) is 11.6. The number of nitrogens with one attached hydrogen (secondary N) is 1. The molecular weight excluding hydrogens is 285 g/mol. The molecule has 1 aliphatic rings. The molecule has 1 amide bonds. The van der Waals surface area contributed by atoms with Gasteiger partial charge >= 0.3 is 6.18 Å². The Kier molecular flexibility index (Phi) is 4.84. The van der Waals surface area contributed by atoms with Crippen LogP contribution in [0.5, 0.6) is 0 Å². The molecule has 1 aliphatic heterocycles. The number of benzene rings is 1. The molecule has 1 heterocycles. The average Bonchev–Trinajstić information content (AvgIpc) is 2.80. The van der Waals surface area contributed by atoms with Crippen LogP contribution in [0.1, 0.15) is 23.7 Å². The topological polar surface area (TPSA) is 41.6 Å². The summed E-state index contributed by atoms with van der Waals surface area (Å²) in [5.41, 5.74) is -0.272. The number of alkyl halides is 3. The summed E-state index contributed by atoms with van der Waals surface area (Å²) in [6.07, 6.45) is -4.27. The van der Waals surface area contributed by atoms with Crippen molar-refractivity contribution < 1.29 is 22.7 Å². The molecular formula is C14H17F3N2O2. The molecule has 0 aliphatic carbocycles. The molecule has 2 rings (SSSR count). The first kappa shape index (κ1) is 15.8. The highest BCUT2D eigenvalue weighted by Crippen LogP contribution is 2.32. The van der Waals surface area contributed by atoms with E-state index in [4.69, 9.17) is 4.74 Å². The van der Waals surface area contributed by atoms with Crippen molar-refractivity contribution in [1.82, 2.24) is 10.2 Å². The Morgan fingerprint density at radius 2 is 2.19 bits per heavy atom. The van der Waals surface area contributed by atoms with Gasteiger partial charge in [0.2, 0.25) is 5.91 Å². The molecule has 21 heavy (non-hydrogen) atoms. The van der Waals surface area contributed by atoms with Gasteiger partial charge in [0.15, 0.2) is 0 Å². The molecule has 1 aromatic rings. The summed E-state index contributed by atoms with van der Waals surface area (Å²) in [6, 6.07) is 5.06. The van der Waals surface area contributed by atoms with Crippen molar-refractivity contribution in [2.24, 2.45) is 0 Å². The largest absolute Gasteiger partial charge is 0.416 e. The Balaban J connectivity index is 2.17. The number of nitrogens with zero attached hydrogens (tertiary/aromatic N) is 1. The zero-order valence-corrected chi connectivity index (χ0v) is 11.6. The molecule has 0 aromatic heterocycles. The van der Waals surface area contributed by atoms with Crippen LogP contribution in [-0.4, -0.2) is 37.6 Å². The smallest absolute Gasteiger partial charge is 0.385 e. The van der Waals surface area contributed by atoms with Gasteiger partial charge in [-0.2, -0.15) is 13.2 Å². The summed E-state index contributed by atoms with van der Waals surface area (Å²) >= 11 is 0. The third-order valence-corrected chi connectivity index (χ3v) is 3.36. The summed E-state index contributed by atoms with van der Waals surface area (Å²) in [7, 11) is 1.56. The van der Waals surface area contributed by atoms with E-state index in [1.807, 2.05) is 0 Å². The lowest BCUT2D eigenvalue weighted by molar-refractivity contribution is -0.137. The number of hydrogen-bond acceptors (Lipinski definition) is 3. The first-order valence-corrected chi connectivity index (χ1v) is 6.62. The van der Waals surface area contributed by atoms with Crippen LogP contribution in [0.15, 0.2) is 24.3 Å². The Bertz CT molecular complexity index is 505. The van der Waals surface area contributed by atoms with Crippen molar-refractivity contribution in [3.63, 3.8) is 0 Å². The Morgan fingerprint density at radius 3 is 2.86 bits per heavy atom. The van der Waals surface area contributed by atoms with Gasteiger partial charge in [-0.15, -0.1) is 0 Å². The van der Waals surface area contributed by atoms with Crippen molar-refractivity contribution in [3.05, 3.63) is 35.4 Å². The highest BCUT2D eigenvalue weighted by molar-refractivity contribution is 5.80. The fourth-order valence-corrected chi connectivity index (χ4v) is 2.36. The molecule has 116 valence electrons. The fourth-order valence-electron chi connectivity index (χ4n) is 2.36. The van der Waals surface area contributed by atoms with Crippen LogP contribution < -0.4 is 5.32 Å². The molecule has 1 saturated heterocycles. The molecule has 0 radical (unpaired) electrons. The summed E-state index contributed by atoms with van der Waals surface area (Å²) in [6.45, 7) is 1.08. The maximum Gasteiger partial charge on any atom is 0.416 e. The van der Waals surface area contributed by atoms with Crippen molar-refractivity contribution >= 4 is 5.91 Å². The van der Waals surface area contributed by atoms with Crippen LogP contribution >= 0.6 is 0 Å². The Hall–Kier alpha value is -1.60. The maximum atomic E-state index is 12.8. The lowest BCUT2D eigenvalue weighted by atomic mass is 10.1. The third kappa shape index (κ3) is 3.74. The van der Waals surface area contributed by atoms with Crippen LogP contribution in [0.4, 0.5) is 13.2 Å². The van der Waals surface area contributed by atoms with Crippen molar-refractivity contribution in [2.75, 3.05) is 26.8 Å². The average molecular weight is 302 g/mol. The Morgan fingerprint density at radius 1 is 1.43 bits per heavy atom. The van der Waals surface area contributed by atoms with Crippen molar-refractivity contribution in [3.8, 4) is 0 Å². The number of amides is 1. The highest BCUT2D eigenvalue weighted by atomic mass is 19.4. The summed E-state index contributed by atoms with van der Waals surface area (Å²) in [5, 5.41) is 2.95. The van der Waals surface area contributed by atoms with Crippen LogP contribution in [0.25, 0.3) is 0 Å². The van der Waals surface area contributed by atoms with Gasteiger partial charge in [-0.25, -0.2) is 0 Å². The maximum absolute atomic E-state index is 12.8. The number of methoxy groups -OCH3 is 1. The van der Waals surface area contributed by atoms with Crippen LogP contribution in [0.2, 0.25) is 0 Å². The second-order valence-electron chi connectivity index (χ2n) is 4.84. The molecule has 1 unspecified atom stereocenters. The van der Waals surface area contributed by atoms with E-state index in [-0.39, 0.29) is 12.5 Å². The number of carbonyl (C=O) groups is 1. The van der Waals surface area contributed by atoms with Gasteiger partial charge < -0.3 is 9.64 Å². The van der Waals surface area contributed by atoms with Gasteiger partial charge in [-0.1, -0.05) is 12.1 Å². The van der Waals surface area contributed by atoms with E-state index < -0.39 is 17.9 Å². The van der Waals surface area contributed by atoms with E-state index in [1.54, 1.807) is 18.1 Å². The van der Waals surface area contributed by atoms with Crippen molar-refractivity contribution in [1.29, 1.82) is 0 Å². The van der Waals surface area contributed by atoms with E-state index in [2.05, 4.69) is 5.32 Å². The highest BCUT2D eigenvalue weighted by Gasteiger charge is 2.34. The van der Waals surface area contributed by atoms with Crippen LogP contribution in [0, 0.1) is 0 Å². The molecule has 0 bridgehead atoms. The first-order valence-electron chi connectivity index (χ1n) is 6.62. The van der Waals surface area contributed by atoms with Gasteiger partial charge in [0.25, 0.3) is 0 Å². The zero-order chi connectivity index (χ0) is 15.5. The predicted octanol–water partition coefficient (Wildman–Crippen LogP) is 2.17. The number of ether oxygens (including phenoxy) is 1. The van der Waals surface area contributed by atoms with Crippen molar-refractivity contribution in [2.45, 2.75) is 18.8 Å². The standard InChI is InChI=1S/C14H17F3N2O2/c1-21-7-3-6-19-12(20)9-18-13(19)10-4-2-5-11(8-10)14(15,16)17/h2,4-5,8,13,18H,3,6-7,9H2,1H3. The molecule has 1 atom stereocenters. The fraction of sp³-hybridized carbons (Fsp3) is 0.500. The second-order valence-corrected chi connectivity index (χ2v) is 4.84. The molecule has 0 spiro atoms. The van der Waals surface area contributed by atoms with Gasteiger partial charge in [0.1, 0.15) is 6.17 Å². The minimum Gasteiger partial charge on any atom is -0.385 e. The number of halogens is 3. The SMILES string of the molecule is COCCCN1C(=O)CNC1c1cccc(C(F)(F)F)c1. The monoisotopic (exact) mass is 302 g/mol. The van der Waals surface area contributed by atoms with E-state index in [9.17, 15) is 18.0 Å². The normalized spacial score (nSPS) is 19.3. The molecule has 4 nitrogen and oxygen atoms in total. The summed E-state index contributed by atoms with van der Waals surface area (Å²) < 4.78 is 43.2. The molecule has 1 fully saturated rings. The molecule has 0 saturated carbocycles. The van der Waals surface area contributed by atoms with E-state index >= 15 is 0 Å². The van der Waals surface area contributed by atoms with Gasteiger partial charge in [0, 0.05) is 20.3 Å². The van der Waals surface area contributed by atoms with E-state index in [0.29, 0.717) is 25.1 Å². The lowest BCUT2D eigenvalue weighted by Crippen LogP contribution is -2.32. The number of carbonyl (C=O) groups excluding carboxylic acids is 1. The number of rotatable bonds is 5. The Labute approximate surface area is 120 Å². The first-order chi connectivity index (χ1) is 9.93. The quantitative estimate of drug-likeness (QED) is 0.848. The van der Waals surface area contributed by atoms with Gasteiger partial charge in [0.05, 0.1) is 12.1 Å². The molecule has 7 heteroatoms. The summed E-state index contributed by atoms with van der Waals surface area (Å²) in [4.78, 5) is 13.4. The molecule has 1 N–H and O–H groups in total.